The summed E-state index contributed by atoms with van der Waals surface area (Å²) in [6.45, 7) is 1.80. The number of imidazole rings is 1. The van der Waals surface area contributed by atoms with Crippen molar-refractivity contribution < 1.29 is 5.11 Å². The molecular formula is C9H12N2OS. The van der Waals surface area contributed by atoms with Crippen LogP contribution < -0.4 is 0 Å². The largest absolute Gasteiger partial charge is 0.393 e. The number of hydrogen-bond donors (Lipinski definition) is 1. The Morgan fingerprint density at radius 2 is 2.54 bits per heavy atom. The zero-order chi connectivity index (χ0) is 9.26. The third kappa shape index (κ3) is 1.89. The summed E-state index contributed by atoms with van der Waals surface area (Å²) in [5.41, 5.74) is 1.06. The van der Waals surface area contributed by atoms with Crippen LogP contribution in [0.1, 0.15) is 19.0 Å². The first-order valence-electron chi connectivity index (χ1n) is 4.35. The summed E-state index contributed by atoms with van der Waals surface area (Å²) in [6.07, 6.45) is 5.42. The molecule has 0 aliphatic heterocycles. The van der Waals surface area contributed by atoms with Gasteiger partial charge in [0, 0.05) is 17.8 Å². The molecule has 0 saturated carbocycles. The number of nitrogens with zero attached hydrogens (tertiary/aromatic N) is 2. The van der Waals surface area contributed by atoms with Crippen LogP contribution in [-0.4, -0.2) is 20.6 Å². The lowest BCUT2D eigenvalue weighted by Gasteiger charge is -1.99. The van der Waals surface area contributed by atoms with Crippen molar-refractivity contribution in [1.82, 2.24) is 9.38 Å². The molecule has 2 aromatic rings. The zero-order valence-electron chi connectivity index (χ0n) is 7.47. The van der Waals surface area contributed by atoms with Gasteiger partial charge >= 0.3 is 0 Å². The van der Waals surface area contributed by atoms with Gasteiger partial charge in [-0.3, -0.25) is 4.40 Å². The molecule has 3 nitrogen and oxygen atoms in total. The van der Waals surface area contributed by atoms with Gasteiger partial charge in [-0.25, -0.2) is 4.98 Å². The van der Waals surface area contributed by atoms with Crippen molar-refractivity contribution >= 4 is 16.3 Å². The summed E-state index contributed by atoms with van der Waals surface area (Å²) in [5.74, 6) is 0. The number of hydrogen-bond acceptors (Lipinski definition) is 3. The van der Waals surface area contributed by atoms with E-state index in [2.05, 4.69) is 4.98 Å². The predicted molar refractivity (Wildman–Crippen MR) is 53.1 cm³/mol. The number of fused-ring (bicyclic) bond motifs is 1. The van der Waals surface area contributed by atoms with Crippen molar-refractivity contribution in [3.63, 3.8) is 0 Å². The molecule has 1 unspecified atom stereocenters. The van der Waals surface area contributed by atoms with Crippen LogP contribution in [0.25, 0.3) is 4.96 Å². The molecule has 2 rings (SSSR count). The monoisotopic (exact) mass is 196 g/mol. The van der Waals surface area contributed by atoms with Crippen LogP contribution in [0.4, 0.5) is 0 Å². The molecule has 0 aromatic carbocycles. The number of aromatic nitrogens is 2. The molecule has 0 fully saturated rings. The van der Waals surface area contributed by atoms with Gasteiger partial charge in [0.05, 0.1) is 11.8 Å². The number of thiazole rings is 1. The smallest absolute Gasteiger partial charge is 0.193 e. The third-order valence-corrected chi connectivity index (χ3v) is 2.73. The number of aliphatic hydroxyl groups excluding tert-OH is 1. The van der Waals surface area contributed by atoms with Crippen molar-refractivity contribution in [3.05, 3.63) is 23.5 Å². The Morgan fingerprint density at radius 1 is 1.69 bits per heavy atom. The molecule has 0 bridgehead atoms. The summed E-state index contributed by atoms with van der Waals surface area (Å²) in [6, 6.07) is 0. The van der Waals surface area contributed by atoms with Crippen LogP contribution in [0, 0.1) is 0 Å². The highest BCUT2D eigenvalue weighted by molar-refractivity contribution is 7.15. The van der Waals surface area contributed by atoms with Crippen LogP contribution in [0.3, 0.4) is 0 Å². The molecule has 0 spiro atoms. The van der Waals surface area contributed by atoms with Crippen LogP contribution in [0.5, 0.6) is 0 Å². The average Bonchev–Trinajstić information content (AvgIpc) is 2.58. The lowest BCUT2D eigenvalue weighted by atomic mass is 10.2. The Balaban J connectivity index is 2.11. The first kappa shape index (κ1) is 8.72. The second kappa shape index (κ2) is 3.47. The molecule has 2 heterocycles. The van der Waals surface area contributed by atoms with Crippen molar-refractivity contribution in [1.29, 1.82) is 0 Å². The van der Waals surface area contributed by atoms with E-state index in [1.165, 1.54) is 0 Å². The van der Waals surface area contributed by atoms with E-state index in [4.69, 9.17) is 5.11 Å². The van der Waals surface area contributed by atoms with E-state index < -0.39 is 0 Å². The molecule has 0 aliphatic rings. The maximum Gasteiger partial charge on any atom is 0.193 e. The summed E-state index contributed by atoms with van der Waals surface area (Å²) in [7, 11) is 0. The van der Waals surface area contributed by atoms with Gasteiger partial charge in [0.1, 0.15) is 0 Å². The highest BCUT2D eigenvalue weighted by atomic mass is 32.1. The minimum absolute atomic E-state index is 0.236. The molecule has 1 N–H and O–H groups in total. The maximum absolute atomic E-state index is 9.11. The normalized spacial score (nSPS) is 13.7. The molecule has 0 amide bonds. The predicted octanol–water partition coefficient (Wildman–Crippen LogP) is 1.71. The van der Waals surface area contributed by atoms with Crippen LogP contribution >= 0.6 is 11.3 Å². The average molecular weight is 196 g/mol. The summed E-state index contributed by atoms with van der Waals surface area (Å²) in [4.78, 5) is 5.44. The Hall–Kier alpha value is -0.870. The highest BCUT2D eigenvalue weighted by Crippen LogP contribution is 2.12. The molecule has 1 atom stereocenters. The van der Waals surface area contributed by atoms with E-state index in [0.29, 0.717) is 0 Å². The van der Waals surface area contributed by atoms with E-state index in [1.54, 1.807) is 18.3 Å². The van der Waals surface area contributed by atoms with Crippen molar-refractivity contribution in [2.45, 2.75) is 25.9 Å². The minimum Gasteiger partial charge on any atom is -0.393 e. The standard InChI is InChI=1S/C9H12N2OS/c1-7(12)2-3-8-6-11-4-5-13-9(11)10-8/h4-7,12H,2-3H2,1H3. The first-order chi connectivity index (χ1) is 6.25. The van der Waals surface area contributed by atoms with Gasteiger partial charge in [0.25, 0.3) is 0 Å². The topological polar surface area (TPSA) is 37.5 Å². The Kier molecular flexibility index (Phi) is 2.33. The van der Waals surface area contributed by atoms with Crippen LogP contribution in [0.15, 0.2) is 17.8 Å². The molecule has 0 radical (unpaired) electrons. The molecule has 0 saturated heterocycles. The fraction of sp³-hybridized carbons (Fsp3) is 0.444. The van der Waals surface area contributed by atoms with E-state index in [9.17, 15) is 0 Å². The first-order valence-corrected chi connectivity index (χ1v) is 5.23. The molecule has 13 heavy (non-hydrogen) atoms. The lowest BCUT2D eigenvalue weighted by molar-refractivity contribution is 0.184. The van der Waals surface area contributed by atoms with Crippen molar-refractivity contribution in [2.24, 2.45) is 0 Å². The Labute approximate surface area is 80.7 Å². The molecular weight excluding hydrogens is 184 g/mol. The summed E-state index contributed by atoms with van der Waals surface area (Å²) >= 11 is 1.63. The van der Waals surface area contributed by atoms with E-state index in [1.807, 2.05) is 22.2 Å². The van der Waals surface area contributed by atoms with E-state index in [-0.39, 0.29) is 6.10 Å². The maximum atomic E-state index is 9.11. The third-order valence-electron chi connectivity index (χ3n) is 1.96. The van der Waals surface area contributed by atoms with Gasteiger partial charge in [-0.15, -0.1) is 11.3 Å². The van der Waals surface area contributed by atoms with Gasteiger partial charge in [-0.2, -0.15) is 0 Å². The molecule has 4 heteroatoms. The van der Waals surface area contributed by atoms with Gasteiger partial charge in [-0.05, 0) is 19.8 Å². The lowest BCUT2D eigenvalue weighted by Crippen LogP contribution is -2.01. The molecule has 0 aliphatic carbocycles. The second-order valence-electron chi connectivity index (χ2n) is 3.21. The quantitative estimate of drug-likeness (QED) is 0.811. The van der Waals surface area contributed by atoms with Gasteiger partial charge in [0.15, 0.2) is 4.96 Å². The Bertz CT molecular complexity index is 362. The summed E-state index contributed by atoms with van der Waals surface area (Å²) in [5, 5.41) is 11.1. The van der Waals surface area contributed by atoms with Gasteiger partial charge < -0.3 is 5.11 Å². The van der Waals surface area contributed by atoms with Crippen LogP contribution in [0.2, 0.25) is 0 Å². The molecule has 70 valence electrons. The number of rotatable bonds is 3. The Morgan fingerprint density at radius 3 is 3.23 bits per heavy atom. The van der Waals surface area contributed by atoms with Gasteiger partial charge in [0.2, 0.25) is 0 Å². The summed E-state index contributed by atoms with van der Waals surface area (Å²) < 4.78 is 2.02. The van der Waals surface area contributed by atoms with Crippen molar-refractivity contribution in [2.75, 3.05) is 0 Å². The van der Waals surface area contributed by atoms with E-state index >= 15 is 0 Å². The number of aliphatic hydroxyl groups is 1. The minimum atomic E-state index is -0.236. The molecule has 2 aromatic heterocycles. The fourth-order valence-electron chi connectivity index (χ4n) is 1.25. The highest BCUT2D eigenvalue weighted by Gasteiger charge is 2.03. The van der Waals surface area contributed by atoms with E-state index in [0.717, 1.165) is 23.5 Å². The second-order valence-corrected chi connectivity index (χ2v) is 4.09. The SMILES string of the molecule is CC(O)CCc1cn2ccsc2n1. The van der Waals surface area contributed by atoms with Crippen molar-refractivity contribution in [3.8, 4) is 0 Å². The van der Waals surface area contributed by atoms with Gasteiger partial charge in [-0.1, -0.05) is 0 Å². The van der Waals surface area contributed by atoms with Crippen LogP contribution in [-0.2, 0) is 6.42 Å². The fourth-order valence-corrected chi connectivity index (χ4v) is 1.97. The zero-order valence-corrected chi connectivity index (χ0v) is 8.29. The number of aryl methyl sites for hydroxylation is 1.